The number of rotatable bonds is 3. The van der Waals surface area contributed by atoms with Crippen molar-refractivity contribution in [2.45, 2.75) is 32.7 Å². The van der Waals surface area contributed by atoms with Crippen molar-refractivity contribution in [3.05, 3.63) is 0 Å². The summed E-state index contributed by atoms with van der Waals surface area (Å²) in [5.41, 5.74) is -0.534. The molecule has 1 atom stereocenters. The molecule has 1 unspecified atom stereocenters. The summed E-state index contributed by atoms with van der Waals surface area (Å²) < 4.78 is 0. The number of hydrogen-bond acceptors (Lipinski definition) is 3. The van der Waals surface area contributed by atoms with E-state index in [9.17, 15) is 9.90 Å². The predicted octanol–water partition coefficient (Wildman–Crippen LogP) is 1.58. The zero-order valence-corrected chi connectivity index (χ0v) is 9.91. The van der Waals surface area contributed by atoms with Crippen LogP contribution in [0, 0.1) is 5.41 Å². The van der Waals surface area contributed by atoms with Crippen LogP contribution in [0.5, 0.6) is 0 Å². The van der Waals surface area contributed by atoms with Gasteiger partial charge in [-0.15, -0.1) is 0 Å². The van der Waals surface area contributed by atoms with Gasteiger partial charge in [0.05, 0.1) is 0 Å². The molecule has 4 heteroatoms. The fraction of sp³-hybridized carbons (Fsp3) is 0.900. The first-order chi connectivity index (χ1) is 6.36. The van der Waals surface area contributed by atoms with E-state index in [0.717, 1.165) is 18.7 Å². The quantitative estimate of drug-likeness (QED) is 0.753. The van der Waals surface area contributed by atoms with Gasteiger partial charge < -0.3 is 10.4 Å². The van der Waals surface area contributed by atoms with Crippen molar-refractivity contribution < 1.29 is 9.90 Å². The summed E-state index contributed by atoms with van der Waals surface area (Å²) in [6.45, 7) is 7.08. The fourth-order valence-corrected chi connectivity index (χ4v) is 2.74. The Labute approximate surface area is 89.6 Å². The molecule has 0 bridgehead atoms. The fourth-order valence-electron chi connectivity index (χ4n) is 1.38. The lowest BCUT2D eigenvalue weighted by molar-refractivity contribution is -0.143. The highest BCUT2D eigenvalue weighted by Crippen LogP contribution is 2.29. The van der Waals surface area contributed by atoms with E-state index in [1.807, 2.05) is 0 Å². The van der Waals surface area contributed by atoms with Crippen LogP contribution in [0.1, 0.15) is 27.2 Å². The second-order valence-electron chi connectivity index (χ2n) is 5.10. The van der Waals surface area contributed by atoms with Crippen molar-refractivity contribution in [1.29, 1.82) is 0 Å². The number of carboxylic acid groups (broad SMARTS) is 1. The molecule has 0 aromatic heterocycles. The third-order valence-electron chi connectivity index (χ3n) is 2.39. The van der Waals surface area contributed by atoms with Crippen LogP contribution in [-0.4, -0.2) is 34.7 Å². The van der Waals surface area contributed by atoms with E-state index in [2.05, 4.69) is 26.1 Å². The van der Waals surface area contributed by atoms with Crippen molar-refractivity contribution in [2.24, 2.45) is 5.41 Å². The largest absolute Gasteiger partial charge is 0.480 e. The molecular formula is C10H19NO2S. The van der Waals surface area contributed by atoms with Gasteiger partial charge in [-0.25, -0.2) is 0 Å². The summed E-state index contributed by atoms with van der Waals surface area (Å²) in [6, 6.07) is 0. The predicted molar refractivity (Wildman–Crippen MR) is 59.8 cm³/mol. The SMILES string of the molecule is CC(C)(C)CNC1(C(=O)O)CCSC1. The Morgan fingerprint density at radius 2 is 2.21 bits per heavy atom. The number of carbonyl (C=O) groups is 1. The van der Waals surface area contributed by atoms with Crippen molar-refractivity contribution >= 4 is 17.7 Å². The molecule has 1 aliphatic heterocycles. The Bertz CT molecular complexity index is 217. The smallest absolute Gasteiger partial charge is 0.324 e. The Kier molecular flexibility index (Phi) is 3.48. The number of thioether (sulfide) groups is 1. The van der Waals surface area contributed by atoms with Crippen molar-refractivity contribution in [3.63, 3.8) is 0 Å². The van der Waals surface area contributed by atoms with Crippen LogP contribution in [0.4, 0.5) is 0 Å². The Morgan fingerprint density at radius 3 is 2.57 bits per heavy atom. The first-order valence-corrected chi connectivity index (χ1v) is 6.07. The van der Waals surface area contributed by atoms with E-state index in [1.165, 1.54) is 0 Å². The molecule has 1 fully saturated rings. The second-order valence-corrected chi connectivity index (χ2v) is 6.21. The molecule has 0 radical (unpaired) electrons. The Morgan fingerprint density at radius 1 is 1.57 bits per heavy atom. The first-order valence-electron chi connectivity index (χ1n) is 4.92. The van der Waals surface area contributed by atoms with Gasteiger partial charge in [0.25, 0.3) is 0 Å². The van der Waals surface area contributed by atoms with Gasteiger partial charge >= 0.3 is 5.97 Å². The average Bonchev–Trinajstić information content (AvgIpc) is 2.48. The molecule has 1 saturated heterocycles. The summed E-state index contributed by atoms with van der Waals surface area (Å²) in [5.74, 6) is 0.939. The zero-order valence-electron chi connectivity index (χ0n) is 9.09. The minimum Gasteiger partial charge on any atom is -0.480 e. The van der Waals surface area contributed by atoms with Gasteiger partial charge in [-0.2, -0.15) is 11.8 Å². The molecular weight excluding hydrogens is 198 g/mol. The maximum Gasteiger partial charge on any atom is 0.324 e. The topological polar surface area (TPSA) is 49.3 Å². The monoisotopic (exact) mass is 217 g/mol. The normalized spacial score (nSPS) is 27.9. The second kappa shape index (κ2) is 4.11. The van der Waals surface area contributed by atoms with Gasteiger partial charge in [0.15, 0.2) is 0 Å². The van der Waals surface area contributed by atoms with E-state index in [0.29, 0.717) is 5.75 Å². The van der Waals surface area contributed by atoms with Crippen LogP contribution in [0.25, 0.3) is 0 Å². The van der Waals surface area contributed by atoms with Crippen molar-refractivity contribution in [2.75, 3.05) is 18.1 Å². The van der Waals surface area contributed by atoms with E-state index in [-0.39, 0.29) is 5.41 Å². The number of aliphatic carboxylic acids is 1. The minimum atomic E-state index is -0.702. The van der Waals surface area contributed by atoms with Gasteiger partial charge in [-0.05, 0) is 17.6 Å². The zero-order chi connectivity index (χ0) is 10.8. The summed E-state index contributed by atoms with van der Waals surface area (Å²) in [5, 5.41) is 12.4. The summed E-state index contributed by atoms with van der Waals surface area (Å²) >= 11 is 1.72. The third-order valence-corrected chi connectivity index (χ3v) is 3.58. The van der Waals surface area contributed by atoms with Crippen LogP contribution in [0.15, 0.2) is 0 Å². The van der Waals surface area contributed by atoms with E-state index in [4.69, 9.17) is 0 Å². The standard InChI is InChI=1S/C10H19NO2S/c1-9(2,3)6-11-10(8(12)13)4-5-14-7-10/h11H,4-7H2,1-3H3,(H,12,13). The average molecular weight is 217 g/mol. The van der Waals surface area contributed by atoms with Gasteiger partial charge in [0.1, 0.15) is 5.54 Å². The van der Waals surface area contributed by atoms with Crippen LogP contribution in [0.2, 0.25) is 0 Å². The van der Waals surface area contributed by atoms with Crippen molar-refractivity contribution in [3.8, 4) is 0 Å². The minimum absolute atomic E-state index is 0.135. The summed E-state index contributed by atoms with van der Waals surface area (Å²) in [7, 11) is 0. The molecule has 0 saturated carbocycles. The lowest BCUT2D eigenvalue weighted by atomic mass is 9.92. The number of carboxylic acids is 1. The van der Waals surface area contributed by atoms with Crippen LogP contribution in [0.3, 0.4) is 0 Å². The molecule has 0 spiro atoms. The Balaban J connectivity index is 2.57. The van der Waals surface area contributed by atoms with Gasteiger partial charge in [0.2, 0.25) is 0 Å². The molecule has 82 valence electrons. The third kappa shape index (κ3) is 2.89. The highest BCUT2D eigenvalue weighted by atomic mass is 32.2. The lowest BCUT2D eigenvalue weighted by Gasteiger charge is -2.29. The molecule has 0 aliphatic carbocycles. The molecule has 1 heterocycles. The summed E-state index contributed by atoms with van der Waals surface area (Å²) in [4.78, 5) is 11.2. The van der Waals surface area contributed by atoms with Crippen LogP contribution in [-0.2, 0) is 4.79 Å². The Hall–Kier alpha value is -0.220. The summed E-state index contributed by atoms with van der Waals surface area (Å²) in [6.07, 6.45) is 0.739. The molecule has 14 heavy (non-hydrogen) atoms. The molecule has 0 aromatic carbocycles. The van der Waals surface area contributed by atoms with Crippen LogP contribution < -0.4 is 5.32 Å². The van der Waals surface area contributed by atoms with Gasteiger partial charge in [0, 0.05) is 12.3 Å². The molecule has 3 nitrogen and oxygen atoms in total. The molecule has 1 rings (SSSR count). The highest BCUT2D eigenvalue weighted by molar-refractivity contribution is 7.99. The van der Waals surface area contributed by atoms with Gasteiger partial charge in [-0.1, -0.05) is 20.8 Å². The molecule has 0 amide bonds. The first kappa shape index (κ1) is 11.9. The van der Waals surface area contributed by atoms with Gasteiger partial charge in [-0.3, -0.25) is 4.79 Å². The highest BCUT2D eigenvalue weighted by Gasteiger charge is 2.41. The van der Waals surface area contributed by atoms with Crippen LogP contribution >= 0.6 is 11.8 Å². The van der Waals surface area contributed by atoms with E-state index in [1.54, 1.807) is 11.8 Å². The molecule has 2 N–H and O–H groups in total. The lowest BCUT2D eigenvalue weighted by Crippen LogP contribution is -2.54. The number of hydrogen-bond donors (Lipinski definition) is 2. The maximum absolute atomic E-state index is 11.2. The van der Waals surface area contributed by atoms with Crippen molar-refractivity contribution in [1.82, 2.24) is 5.32 Å². The molecule has 1 aliphatic rings. The van der Waals surface area contributed by atoms with E-state index < -0.39 is 11.5 Å². The van der Waals surface area contributed by atoms with E-state index >= 15 is 0 Å². The maximum atomic E-state index is 11.2. The molecule has 0 aromatic rings. The number of nitrogens with one attached hydrogen (secondary N) is 1.